The van der Waals surface area contributed by atoms with Crippen molar-refractivity contribution < 1.29 is 9.21 Å². The molecular weight excluding hydrogens is 352 g/mol. The highest BCUT2D eigenvalue weighted by molar-refractivity contribution is 5.95. The smallest absolute Gasteiger partial charge is 0.344 e. The Morgan fingerprint density at radius 3 is 2.50 bits per heavy atom. The largest absolute Gasteiger partial charge is 0.417 e. The number of hydrogen-bond acceptors (Lipinski definition) is 4. The SMILES string of the molecule is Cc1ccc2cc(C(=O)N3CCN(CCc4ccccc4)CC3)oc(=O)c2c1. The fourth-order valence-electron chi connectivity index (χ4n) is 3.67. The first-order valence-corrected chi connectivity index (χ1v) is 9.70. The summed E-state index contributed by atoms with van der Waals surface area (Å²) in [6.07, 6.45) is 1.01. The van der Waals surface area contributed by atoms with Crippen molar-refractivity contribution in [1.29, 1.82) is 0 Å². The van der Waals surface area contributed by atoms with Crippen LogP contribution in [0.15, 0.2) is 63.8 Å². The van der Waals surface area contributed by atoms with Crippen molar-refractivity contribution in [2.24, 2.45) is 0 Å². The van der Waals surface area contributed by atoms with Gasteiger partial charge in [0.2, 0.25) is 0 Å². The maximum atomic E-state index is 12.8. The zero-order valence-corrected chi connectivity index (χ0v) is 16.1. The van der Waals surface area contributed by atoms with Gasteiger partial charge in [-0.2, -0.15) is 0 Å². The molecule has 28 heavy (non-hydrogen) atoms. The van der Waals surface area contributed by atoms with E-state index in [9.17, 15) is 9.59 Å². The second-order valence-corrected chi connectivity index (χ2v) is 7.36. The van der Waals surface area contributed by atoms with Crippen molar-refractivity contribution in [3.05, 3.63) is 81.9 Å². The molecule has 1 aliphatic rings. The predicted molar refractivity (Wildman–Crippen MR) is 110 cm³/mol. The Morgan fingerprint density at radius 2 is 1.75 bits per heavy atom. The van der Waals surface area contributed by atoms with Crippen molar-refractivity contribution in [3.8, 4) is 0 Å². The minimum atomic E-state index is -0.453. The van der Waals surface area contributed by atoms with E-state index < -0.39 is 5.63 Å². The van der Waals surface area contributed by atoms with Crippen LogP contribution in [-0.2, 0) is 6.42 Å². The number of rotatable bonds is 4. The highest BCUT2D eigenvalue weighted by Crippen LogP contribution is 2.16. The molecule has 0 bridgehead atoms. The van der Waals surface area contributed by atoms with Crippen LogP contribution in [0.4, 0.5) is 0 Å². The van der Waals surface area contributed by atoms with E-state index in [2.05, 4.69) is 29.2 Å². The number of piperazine rings is 1. The minimum absolute atomic E-state index is 0.124. The summed E-state index contributed by atoms with van der Waals surface area (Å²) in [6, 6.07) is 17.7. The Bertz CT molecular complexity index is 1030. The van der Waals surface area contributed by atoms with Gasteiger partial charge in [0.05, 0.1) is 5.39 Å². The van der Waals surface area contributed by atoms with Gasteiger partial charge in [-0.1, -0.05) is 48.0 Å². The maximum Gasteiger partial charge on any atom is 0.344 e. The molecule has 0 unspecified atom stereocenters. The van der Waals surface area contributed by atoms with Crippen molar-refractivity contribution in [3.63, 3.8) is 0 Å². The standard InChI is InChI=1S/C23H24N2O3/c1-17-7-8-19-16-21(28-23(27)20(19)15-17)22(26)25-13-11-24(12-14-25)10-9-18-5-3-2-4-6-18/h2-8,15-16H,9-14H2,1H3. The number of fused-ring (bicyclic) bond motifs is 1. The molecule has 0 N–H and O–H groups in total. The molecule has 1 aromatic heterocycles. The van der Waals surface area contributed by atoms with E-state index in [0.29, 0.717) is 18.5 Å². The molecule has 0 atom stereocenters. The summed E-state index contributed by atoms with van der Waals surface area (Å²) in [4.78, 5) is 29.2. The first-order valence-electron chi connectivity index (χ1n) is 9.70. The quantitative estimate of drug-likeness (QED) is 0.702. The highest BCUT2D eigenvalue weighted by Gasteiger charge is 2.24. The summed E-state index contributed by atoms with van der Waals surface area (Å²) in [7, 11) is 0. The van der Waals surface area contributed by atoms with E-state index in [1.165, 1.54) is 5.56 Å². The van der Waals surface area contributed by atoms with E-state index in [1.54, 1.807) is 17.0 Å². The molecule has 0 aliphatic carbocycles. The summed E-state index contributed by atoms with van der Waals surface area (Å²) in [5.41, 5.74) is 1.87. The van der Waals surface area contributed by atoms with E-state index in [1.807, 2.05) is 25.1 Å². The van der Waals surface area contributed by atoms with E-state index in [4.69, 9.17) is 4.42 Å². The van der Waals surface area contributed by atoms with Crippen LogP contribution in [0, 0.1) is 6.92 Å². The van der Waals surface area contributed by atoms with Crippen LogP contribution in [0.2, 0.25) is 0 Å². The van der Waals surface area contributed by atoms with Crippen molar-refractivity contribution in [2.45, 2.75) is 13.3 Å². The van der Waals surface area contributed by atoms with Gasteiger partial charge in [0, 0.05) is 32.7 Å². The predicted octanol–water partition coefficient (Wildman–Crippen LogP) is 3.10. The van der Waals surface area contributed by atoms with Crippen LogP contribution in [0.1, 0.15) is 21.7 Å². The van der Waals surface area contributed by atoms with Crippen LogP contribution in [0.3, 0.4) is 0 Å². The number of amides is 1. The lowest BCUT2D eigenvalue weighted by Crippen LogP contribution is -2.49. The average Bonchev–Trinajstić information content (AvgIpc) is 2.73. The zero-order valence-electron chi connectivity index (χ0n) is 16.1. The number of aryl methyl sites for hydroxylation is 1. The Balaban J connectivity index is 1.39. The Labute approximate surface area is 164 Å². The minimum Gasteiger partial charge on any atom is -0.417 e. The summed E-state index contributed by atoms with van der Waals surface area (Å²) in [5, 5.41) is 1.26. The Kier molecular flexibility index (Phi) is 5.26. The maximum absolute atomic E-state index is 12.8. The van der Waals surface area contributed by atoms with Gasteiger partial charge in [0.25, 0.3) is 5.91 Å². The summed E-state index contributed by atoms with van der Waals surface area (Å²) in [5.74, 6) is -0.0821. The summed E-state index contributed by atoms with van der Waals surface area (Å²) in [6.45, 7) is 5.85. The molecule has 144 valence electrons. The lowest BCUT2D eigenvalue weighted by atomic mass is 10.1. The molecule has 0 spiro atoms. The molecule has 1 fully saturated rings. The van der Waals surface area contributed by atoms with Gasteiger partial charge >= 0.3 is 5.63 Å². The number of carbonyl (C=O) groups is 1. The first kappa shape index (κ1) is 18.4. The van der Waals surface area contributed by atoms with Crippen LogP contribution in [-0.4, -0.2) is 48.4 Å². The van der Waals surface area contributed by atoms with Gasteiger partial charge in [0.15, 0.2) is 5.76 Å². The van der Waals surface area contributed by atoms with Gasteiger partial charge in [-0.25, -0.2) is 4.79 Å². The first-order chi connectivity index (χ1) is 13.6. The van der Waals surface area contributed by atoms with E-state index in [-0.39, 0.29) is 11.7 Å². The second kappa shape index (κ2) is 7.98. The number of hydrogen-bond donors (Lipinski definition) is 0. The molecule has 5 heteroatoms. The van der Waals surface area contributed by atoms with E-state index >= 15 is 0 Å². The summed E-state index contributed by atoms with van der Waals surface area (Å²) >= 11 is 0. The monoisotopic (exact) mass is 376 g/mol. The van der Waals surface area contributed by atoms with Crippen LogP contribution < -0.4 is 5.63 Å². The fourth-order valence-corrected chi connectivity index (χ4v) is 3.67. The molecule has 2 aromatic carbocycles. The molecular formula is C23H24N2O3. The molecule has 1 aliphatic heterocycles. The number of benzene rings is 2. The zero-order chi connectivity index (χ0) is 19.5. The molecule has 1 saturated heterocycles. The molecule has 1 amide bonds. The fraction of sp³-hybridized carbons (Fsp3) is 0.304. The van der Waals surface area contributed by atoms with Gasteiger partial charge in [-0.05, 0) is 36.4 Å². The van der Waals surface area contributed by atoms with Crippen molar-refractivity contribution in [1.82, 2.24) is 9.80 Å². The van der Waals surface area contributed by atoms with Crippen LogP contribution in [0.25, 0.3) is 10.8 Å². The molecule has 0 saturated carbocycles. The number of nitrogens with zero attached hydrogens (tertiary/aromatic N) is 2. The molecule has 5 nitrogen and oxygen atoms in total. The van der Waals surface area contributed by atoms with Gasteiger partial charge < -0.3 is 9.32 Å². The van der Waals surface area contributed by atoms with Gasteiger partial charge in [0.1, 0.15) is 0 Å². The Morgan fingerprint density at radius 1 is 1.00 bits per heavy atom. The van der Waals surface area contributed by atoms with Crippen LogP contribution >= 0.6 is 0 Å². The van der Waals surface area contributed by atoms with Crippen molar-refractivity contribution in [2.75, 3.05) is 32.7 Å². The van der Waals surface area contributed by atoms with Crippen molar-refractivity contribution >= 4 is 16.7 Å². The number of carbonyl (C=O) groups excluding carboxylic acids is 1. The highest BCUT2D eigenvalue weighted by atomic mass is 16.4. The van der Waals surface area contributed by atoms with Gasteiger partial charge in [-0.15, -0.1) is 0 Å². The normalized spacial score (nSPS) is 15.1. The third kappa shape index (κ3) is 3.99. The van der Waals surface area contributed by atoms with Crippen LogP contribution in [0.5, 0.6) is 0 Å². The third-order valence-corrected chi connectivity index (χ3v) is 5.35. The molecule has 4 rings (SSSR count). The van der Waals surface area contributed by atoms with Gasteiger partial charge in [-0.3, -0.25) is 9.69 Å². The Hall–Kier alpha value is -2.92. The van der Waals surface area contributed by atoms with E-state index in [0.717, 1.165) is 37.0 Å². The topological polar surface area (TPSA) is 53.8 Å². The lowest BCUT2D eigenvalue weighted by molar-refractivity contribution is 0.0603. The molecule has 0 radical (unpaired) electrons. The third-order valence-electron chi connectivity index (χ3n) is 5.35. The lowest BCUT2D eigenvalue weighted by Gasteiger charge is -2.34. The second-order valence-electron chi connectivity index (χ2n) is 7.36. The summed E-state index contributed by atoms with van der Waals surface area (Å²) < 4.78 is 5.33. The molecule has 2 heterocycles. The average molecular weight is 376 g/mol. The molecule has 3 aromatic rings.